The van der Waals surface area contributed by atoms with Crippen LogP contribution in [0.5, 0.6) is 0 Å². The minimum Gasteiger partial charge on any atom is -0.460 e. The van der Waals surface area contributed by atoms with Gasteiger partial charge in [0, 0.05) is 32.1 Å². The fraction of sp³-hybridized carbons (Fsp3) is 0.778. The Morgan fingerprint density at radius 3 is 1.76 bits per heavy atom. The van der Waals surface area contributed by atoms with Gasteiger partial charge >= 0.3 is 12.1 Å². The molecule has 0 saturated heterocycles. The molecule has 0 aliphatic carbocycles. The Hall–Kier alpha value is -2.61. The van der Waals surface area contributed by atoms with Crippen molar-refractivity contribution in [3.63, 3.8) is 0 Å². The number of ketones is 1. The molecule has 0 rings (SSSR count). The molecule has 0 aromatic rings. The minimum absolute atomic E-state index is 0.185. The van der Waals surface area contributed by atoms with Gasteiger partial charge in [0.25, 0.3) is 5.91 Å². The van der Waals surface area contributed by atoms with Crippen molar-refractivity contribution < 1.29 is 47.7 Å². The van der Waals surface area contributed by atoms with Crippen molar-refractivity contribution in [3.8, 4) is 11.8 Å². The molecule has 0 unspecified atom stereocenters. The van der Waals surface area contributed by atoms with Crippen molar-refractivity contribution in [2.45, 2.75) is 72.8 Å². The van der Waals surface area contributed by atoms with Crippen LogP contribution >= 0.6 is 0 Å². The van der Waals surface area contributed by atoms with Crippen molar-refractivity contribution >= 4 is 23.8 Å². The van der Waals surface area contributed by atoms with E-state index in [1.807, 2.05) is 20.8 Å². The van der Waals surface area contributed by atoms with E-state index in [4.69, 9.17) is 33.3 Å². The van der Waals surface area contributed by atoms with Crippen LogP contribution in [0.4, 0.5) is 0 Å². The number of ether oxygens (including phenoxy) is 5. The lowest BCUT2D eigenvalue weighted by molar-refractivity contribution is -0.191. The zero-order valence-electron chi connectivity index (χ0n) is 23.8. The Labute approximate surface area is 226 Å². The van der Waals surface area contributed by atoms with E-state index < -0.39 is 11.5 Å². The highest BCUT2D eigenvalue weighted by Gasteiger charge is 2.15. The number of hydrogen-bond acceptors (Lipinski definition) is 10. The van der Waals surface area contributed by atoms with Gasteiger partial charge in [0.1, 0.15) is 5.60 Å². The van der Waals surface area contributed by atoms with E-state index in [-0.39, 0.29) is 55.9 Å². The van der Waals surface area contributed by atoms with E-state index in [2.05, 4.69) is 37.9 Å². The van der Waals surface area contributed by atoms with E-state index in [9.17, 15) is 14.4 Å². The van der Waals surface area contributed by atoms with Crippen molar-refractivity contribution in [3.05, 3.63) is 0 Å². The smallest absolute Gasteiger partial charge is 0.373 e. The molecule has 0 atom stereocenters. The number of esters is 1. The number of amides is 1. The van der Waals surface area contributed by atoms with Gasteiger partial charge in [0.2, 0.25) is 5.78 Å². The van der Waals surface area contributed by atoms with Gasteiger partial charge in [-0.15, -0.1) is 0 Å². The summed E-state index contributed by atoms with van der Waals surface area (Å²) in [5, 5.41) is 2.56. The molecule has 0 radical (unpaired) electrons. The maximum atomic E-state index is 11.7. The van der Waals surface area contributed by atoms with Crippen molar-refractivity contribution in [2.75, 3.05) is 59.4 Å². The first-order chi connectivity index (χ1) is 17.8. The fourth-order valence-corrected chi connectivity index (χ4v) is 2.38. The number of nitrogens with one attached hydrogen (secondary N) is 1. The first kappa shape index (κ1) is 37.5. The van der Waals surface area contributed by atoms with Gasteiger partial charge in [-0.25, -0.2) is 0 Å². The highest BCUT2D eigenvalue weighted by atomic mass is 16.6. The summed E-state index contributed by atoms with van der Waals surface area (Å²) in [6.45, 7) is 15.6. The van der Waals surface area contributed by atoms with Crippen LogP contribution in [-0.2, 0) is 47.7 Å². The fourth-order valence-electron chi connectivity index (χ4n) is 2.38. The van der Waals surface area contributed by atoms with Crippen molar-refractivity contribution in [1.82, 2.24) is 5.32 Å². The van der Waals surface area contributed by atoms with Crippen molar-refractivity contribution in [2.24, 2.45) is 5.41 Å². The molecule has 0 spiro atoms. The standard InChI is InChI=1S/C26H45NO8.CO2/c1-25(2,3)12-16-33-20-18-31-14-7-8-22(28)9-10-23(29)27-13-17-34-21-19-32-15-11-24(30)35-26(4,5)6;2-1-3/h7-8,11-21H2,1-6H3,(H,27,29);. The van der Waals surface area contributed by atoms with Crippen LogP contribution in [-0.4, -0.2) is 88.8 Å². The van der Waals surface area contributed by atoms with Crippen LogP contribution in [0.25, 0.3) is 0 Å². The zero-order valence-corrected chi connectivity index (χ0v) is 23.8. The third-order valence-corrected chi connectivity index (χ3v) is 4.15. The highest BCUT2D eigenvalue weighted by molar-refractivity contribution is 6.03. The molecule has 1 amide bonds. The summed E-state index contributed by atoms with van der Waals surface area (Å²) in [6, 6.07) is 0. The molecule has 0 bridgehead atoms. The summed E-state index contributed by atoms with van der Waals surface area (Å²) >= 11 is 0. The Balaban J connectivity index is 0. The predicted molar refractivity (Wildman–Crippen MR) is 138 cm³/mol. The van der Waals surface area contributed by atoms with Crippen LogP contribution in [0.1, 0.15) is 67.2 Å². The Morgan fingerprint density at radius 2 is 1.21 bits per heavy atom. The van der Waals surface area contributed by atoms with Crippen LogP contribution < -0.4 is 5.32 Å². The molecule has 0 saturated carbocycles. The van der Waals surface area contributed by atoms with Gasteiger partial charge in [-0.2, -0.15) is 9.59 Å². The monoisotopic (exact) mass is 543 g/mol. The summed E-state index contributed by atoms with van der Waals surface area (Å²) < 4.78 is 26.7. The molecule has 0 aromatic carbocycles. The third-order valence-electron chi connectivity index (χ3n) is 4.15. The van der Waals surface area contributed by atoms with Gasteiger partial charge in [0.15, 0.2) is 0 Å². The molecule has 0 heterocycles. The van der Waals surface area contributed by atoms with Crippen LogP contribution in [0.3, 0.4) is 0 Å². The molecular weight excluding hydrogens is 498 g/mol. The van der Waals surface area contributed by atoms with Gasteiger partial charge in [0.05, 0.1) is 46.1 Å². The average Bonchev–Trinajstić information content (AvgIpc) is 2.79. The molecule has 11 nitrogen and oxygen atoms in total. The first-order valence-electron chi connectivity index (χ1n) is 12.7. The van der Waals surface area contributed by atoms with E-state index >= 15 is 0 Å². The summed E-state index contributed by atoms with van der Waals surface area (Å²) in [5.74, 6) is 3.48. The minimum atomic E-state index is -0.529. The molecule has 11 heteroatoms. The Kier molecular flexibility index (Phi) is 23.2. The van der Waals surface area contributed by atoms with Crippen LogP contribution in [0.15, 0.2) is 0 Å². The molecule has 1 N–H and O–H groups in total. The maximum Gasteiger partial charge on any atom is 0.373 e. The number of carbonyl (C=O) groups is 3. The summed E-state index contributed by atoms with van der Waals surface area (Å²) in [7, 11) is 0. The summed E-state index contributed by atoms with van der Waals surface area (Å²) in [6.07, 6.45) is 2.21. The van der Waals surface area contributed by atoms with Crippen LogP contribution in [0.2, 0.25) is 0 Å². The second kappa shape index (κ2) is 23.5. The van der Waals surface area contributed by atoms with Gasteiger partial charge in [-0.3, -0.25) is 14.4 Å². The lowest BCUT2D eigenvalue weighted by Crippen LogP contribution is -2.26. The lowest BCUT2D eigenvalue weighted by Gasteiger charge is -2.19. The van der Waals surface area contributed by atoms with Gasteiger partial charge < -0.3 is 29.0 Å². The molecule has 218 valence electrons. The van der Waals surface area contributed by atoms with Crippen LogP contribution in [0, 0.1) is 17.3 Å². The normalized spacial score (nSPS) is 10.8. The van der Waals surface area contributed by atoms with Crippen molar-refractivity contribution in [1.29, 1.82) is 0 Å². The average molecular weight is 544 g/mol. The summed E-state index contributed by atoms with van der Waals surface area (Å²) in [4.78, 5) is 51.1. The molecule has 0 fully saturated rings. The Bertz CT molecular complexity index is 751. The van der Waals surface area contributed by atoms with Gasteiger partial charge in [-0.05, 0) is 44.9 Å². The number of Topliss-reactive ketones (excluding diaryl/α,β-unsaturated/α-hetero) is 1. The quantitative estimate of drug-likeness (QED) is 0.118. The lowest BCUT2D eigenvalue weighted by atomic mass is 9.93. The second-order valence-electron chi connectivity index (χ2n) is 10.2. The number of hydrogen-bond donors (Lipinski definition) is 1. The zero-order chi connectivity index (χ0) is 29.3. The largest absolute Gasteiger partial charge is 0.460 e. The molecule has 0 aliphatic heterocycles. The Morgan fingerprint density at radius 1 is 0.684 bits per heavy atom. The summed E-state index contributed by atoms with van der Waals surface area (Å²) in [5.41, 5.74) is -0.243. The second-order valence-corrected chi connectivity index (χ2v) is 10.2. The van der Waals surface area contributed by atoms with E-state index in [0.717, 1.165) is 6.42 Å². The molecule has 0 aromatic heterocycles. The number of rotatable bonds is 18. The van der Waals surface area contributed by atoms with E-state index in [1.165, 1.54) is 0 Å². The first-order valence-corrected chi connectivity index (χ1v) is 12.7. The molecular formula is C27H45NO10. The predicted octanol–water partition coefficient (Wildman–Crippen LogP) is 2.11. The van der Waals surface area contributed by atoms with E-state index in [1.54, 1.807) is 0 Å². The SMILES string of the molecule is CC(C)(C)CCOCCOCCCC(=O)C#CC(=O)NCCOCCOCCC(=O)OC(C)(C)C.O=C=O. The molecule has 0 aliphatic rings. The molecule has 38 heavy (non-hydrogen) atoms. The number of carbonyl (C=O) groups excluding carboxylic acids is 5. The maximum absolute atomic E-state index is 11.7. The van der Waals surface area contributed by atoms with E-state index in [0.29, 0.717) is 46.1 Å². The third kappa shape index (κ3) is 33.4. The topological polar surface area (TPSA) is 144 Å². The highest BCUT2D eigenvalue weighted by Crippen LogP contribution is 2.17. The van der Waals surface area contributed by atoms with Gasteiger partial charge in [-0.1, -0.05) is 20.8 Å².